The van der Waals surface area contributed by atoms with Crippen LogP contribution in [0.4, 0.5) is 17.1 Å². The van der Waals surface area contributed by atoms with E-state index >= 15 is 0 Å². The Morgan fingerprint density at radius 1 is 0.382 bits per heavy atom. The summed E-state index contributed by atoms with van der Waals surface area (Å²) < 4.78 is 2.59. The van der Waals surface area contributed by atoms with Gasteiger partial charge in [-0.2, -0.15) is 0 Å². The van der Waals surface area contributed by atoms with Gasteiger partial charge in [0, 0.05) is 26.8 Å². The van der Waals surface area contributed by atoms with Crippen molar-refractivity contribution in [2.24, 2.45) is 0 Å². The first-order valence-corrected chi connectivity index (χ1v) is 19.7. The highest BCUT2D eigenvalue weighted by Crippen LogP contribution is 2.56. The predicted molar refractivity (Wildman–Crippen MR) is 234 cm³/mol. The average Bonchev–Trinajstić information content (AvgIpc) is 3.78. The average molecular weight is 718 g/mol. The van der Waals surface area contributed by atoms with E-state index in [1.165, 1.54) is 81.1 Å². The van der Waals surface area contributed by atoms with Crippen LogP contribution in [-0.4, -0.2) is 0 Å². The van der Waals surface area contributed by atoms with Gasteiger partial charge >= 0.3 is 0 Å². The van der Waals surface area contributed by atoms with E-state index in [0.717, 1.165) is 11.4 Å². The van der Waals surface area contributed by atoms with Crippen molar-refractivity contribution in [3.05, 3.63) is 235 Å². The van der Waals surface area contributed by atoms with Crippen molar-refractivity contribution in [1.29, 1.82) is 0 Å². The highest BCUT2D eigenvalue weighted by atomic mass is 32.1. The third-order valence-electron chi connectivity index (χ3n) is 11.5. The van der Waals surface area contributed by atoms with Crippen LogP contribution >= 0.6 is 11.3 Å². The smallest absolute Gasteiger partial charge is 0.0713 e. The number of benzene rings is 9. The third kappa shape index (κ3) is 4.92. The van der Waals surface area contributed by atoms with Crippen LogP contribution in [0, 0.1) is 0 Å². The molecule has 0 saturated heterocycles. The molecule has 1 aliphatic rings. The molecule has 0 N–H and O–H groups in total. The van der Waals surface area contributed by atoms with Crippen LogP contribution in [0.2, 0.25) is 0 Å². The fourth-order valence-electron chi connectivity index (χ4n) is 9.08. The molecule has 0 saturated carbocycles. The van der Waals surface area contributed by atoms with Crippen molar-refractivity contribution in [3.8, 4) is 22.3 Å². The molecule has 0 amide bonds. The van der Waals surface area contributed by atoms with Gasteiger partial charge in [-0.15, -0.1) is 11.3 Å². The molecule has 0 atom stereocenters. The zero-order valence-corrected chi connectivity index (χ0v) is 30.9. The monoisotopic (exact) mass is 717 g/mol. The summed E-state index contributed by atoms with van der Waals surface area (Å²) in [6.45, 7) is 0. The van der Waals surface area contributed by atoms with E-state index < -0.39 is 5.41 Å². The Morgan fingerprint density at radius 2 is 0.909 bits per heavy atom. The molecule has 0 aliphatic heterocycles. The van der Waals surface area contributed by atoms with E-state index in [1.807, 2.05) is 11.3 Å². The van der Waals surface area contributed by atoms with E-state index in [1.54, 1.807) is 0 Å². The van der Waals surface area contributed by atoms with Crippen LogP contribution in [0.3, 0.4) is 0 Å². The lowest BCUT2D eigenvalue weighted by molar-refractivity contribution is 0.768. The van der Waals surface area contributed by atoms with Gasteiger partial charge in [0.2, 0.25) is 0 Å². The summed E-state index contributed by atoms with van der Waals surface area (Å²) in [5.74, 6) is 0. The topological polar surface area (TPSA) is 3.24 Å². The zero-order valence-electron chi connectivity index (χ0n) is 30.1. The van der Waals surface area contributed by atoms with Gasteiger partial charge in [0.25, 0.3) is 0 Å². The number of hydrogen-bond acceptors (Lipinski definition) is 2. The Morgan fingerprint density at radius 3 is 1.58 bits per heavy atom. The van der Waals surface area contributed by atoms with Crippen molar-refractivity contribution < 1.29 is 0 Å². The van der Waals surface area contributed by atoms with Gasteiger partial charge < -0.3 is 4.90 Å². The normalized spacial score (nSPS) is 12.9. The number of anilines is 3. The zero-order chi connectivity index (χ0) is 36.3. The van der Waals surface area contributed by atoms with Gasteiger partial charge in [-0.05, 0) is 97.7 Å². The standard InChI is InChI=1S/C53H35NS/c1-3-14-36(15-4-1)37-26-30-42(31-27-37)54(50-25-13-22-46-47-34-38-16-7-8-17-39(38)35-51(47)55-52(46)50)43-32-28-41(29-33-43)53(40-18-5-2-6-19-40)48-23-11-9-20-44(48)45-21-10-12-24-49(45)53/h1-35H. The largest absolute Gasteiger partial charge is 0.309 e. The molecule has 1 nitrogen and oxygen atoms in total. The van der Waals surface area contributed by atoms with Crippen molar-refractivity contribution in [3.63, 3.8) is 0 Å². The van der Waals surface area contributed by atoms with Gasteiger partial charge in [0.1, 0.15) is 0 Å². The van der Waals surface area contributed by atoms with Crippen molar-refractivity contribution >= 4 is 59.3 Å². The molecule has 1 aliphatic carbocycles. The minimum atomic E-state index is -0.442. The molecule has 0 fully saturated rings. The minimum Gasteiger partial charge on any atom is -0.309 e. The maximum absolute atomic E-state index is 2.45. The molecule has 0 spiro atoms. The molecular weight excluding hydrogens is 683 g/mol. The lowest BCUT2D eigenvalue weighted by Gasteiger charge is -2.34. The molecule has 55 heavy (non-hydrogen) atoms. The van der Waals surface area contributed by atoms with E-state index in [-0.39, 0.29) is 0 Å². The number of nitrogens with zero attached hydrogens (tertiary/aromatic N) is 1. The SMILES string of the molecule is c1ccc(-c2ccc(N(c3ccc(C4(c5ccccc5)c5ccccc5-c5ccccc54)cc3)c3cccc4c3sc3cc5ccccc5cc34)cc2)cc1. The van der Waals surface area contributed by atoms with Gasteiger partial charge in [0.15, 0.2) is 0 Å². The van der Waals surface area contributed by atoms with Crippen LogP contribution in [0.1, 0.15) is 22.3 Å². The third-order valence-corrected chi connectivity index (χ3v) is 12.7. The fourth-order valence-corrected chi connectivity index (χ4v) is 10.3. The first-order chi connectivity index (χ1) is 27.3. The highest BCUT2D eigenvalue weighted by Gasteiger charge is 2.45. The van der Waals surface area contributed by atoms with Crippen LogP contribution in [0.25, 0.3) is 53.2 Å². The van der Waals surface area contributed by atoms with Gasteiger partial charge in [-0.25, -0.2) is 0 Å². The van der Waals surface area contributed by atoms with E-state index in [2.05, 4.69) is 217 Å². The number of rotatable bonds is 6. The van der Waals surface area contributed by atoms with Crippen molar-refractivity contribution in [2.45, 2.75) is 5.41 Å². The Kier molecular flexibility index (Phi) is 7.33. The predicted octanol–water partition coefficient (Wildman–Crippen LogP) is 14.7. The summed E-state index contributed by atoms with van der Waals surface area (Å²) in [6, 6.07) is 78.2. The second-order valence-electron chi connectivity index (χ2n) is 14.5. The van der Waals surface area contributed by atoms with Crippen molar-refractivity contribution in [1.82, 2.24) is 0 Å². The molecule has 9 aromatic carbocycles. The van der Waals surface area contributed by atoms with E-state index in [9.17, 15) is 0 Å². The maximum atomic E-state index is 2.45. The highest BCUT2D eigenvalue weighted by molar-refractivity contribution is 7.26. The molecule has 258 valence electrons. The molecule has 2 heteroatoms. The first kappa shape index (κ1) is 31.8. The number of fused-ring (bicyclic) bond motifs is 7. The van der Waals surface area contributed by atoms with E-state index in [0.29, 0.717) is 0 Å². The van der Waals surface area contributed by atoms with Crippen LogP contribution in [0.15, 0.2) is 212 Å². The van der Waals surface area contributed by atoms with Crippen molar-refractivity contribution in [2.75, 3.05) is 4.90 Å². The molecule has 10 aromatic rings. The Labute approximate surface area is 325 Å². The van der Waals surface area contributed by atoms with Crippen LogP contribution in [0.5, 0.6) is 0 Å². The van der Waals surface area contributed by atoms with Crippen LogP contribution in [-0.2, 0) is 5.41 Å². The number of thiophene rings is 1. The molecule has 1 aromatic heterocycles. The van der Waals surface area contributed by atoms with Crippen LogP contribution < -0.4 is 4.90 Å². The molecular formula is C53H35NS. The Hall–Kier alpha value is -6.74. The lowest BCUT2D eigenvalue weighted by atomic mass is 9.68. The van der Waals surface area contributed by atoms with Gasteiger partial charge in [-0.1, -0.05) is 170 Å². The summed E-state index contributed by atoms with van der Waals surface area (Å²) in [5, 5.41) is 5.13. The minimum absolute atomic E-state index is 0.442. The first-order valence-electron chi connectivity index (χ1n) is 18.9. The van der Waals surface area contributed by atoms with E-state index in [4.69, 9.17) is 0 Å². The molecule has 1 heterocycles. The fraction of sp³-hybridized carbons (Fsp3) is 0.0189. The summed E-state index contributed by atoms with van der Waals surface area (Å²) in [5.41, 5.74) is 13.2. The Balaban J connectivity index is 1.12. The van der Waals surface area contributed by atoms with Gasteiger partial charge in [-0.3, -0.25) is 0 Å². The summed E-state index contributed by atoms with van der Waals surface area (Å²) >= 11 is 1.88. The maximum Gasteiger partial charge on any atom is 0.0713 e. The second kappa shape index (κ2) is 12.7. The Bertz CT molecular complexity index is 2970. The molecule has 11 rings (SSSR count). The summed E-state index contributed by atoms with van der Waals surface area (Å²) in [7, 11) is 0. The molecule has 0 bridgehead atoms. The summed E-state index contributed by atoms with van der Waals surface area (Å²) in [4.78, 5) is 2.45. The number of hydrogen-bond donors (Lipinski definition) is 0. The molecule has 0 unspecified atom stereocenters. The summed E-state index contributed by atoms with van der Waals surface area (Å²) in [6.07, 6.45) is 0. The molecule has 0 radical (unpaired) electrons. The lowest BCUT2D eigenvalue weighted by Crippen LogP contribution is -2.28. The second-order valence-corrected chi connectivity index (χ2v) is 15.5. The van der Waals surface area contributed by atoms with Gasteiger partial charge in [0.05, 0.1) is 15.8 Å². The quantitative estimate of drug-likeness (QED) is 0.166.